The molecule has 0 bridgehead atoms. The van der Waals surface area contributed by atoms with Gasteiger partial charge in [0.2, 0.25) is 0 Å². The number of halogens is 1. The molecule has 1 heterocycles. The van der Waals surface area contributed by atoms with E-state index < -0.39 is 0 Å². The first kappa shape index (κ1) is 8.90. The van der Waals surface area contributed by atoms with Crippen LogP contribution in [0, 0.1) is 5.82 Å². The summed E-state index contributed by atoms with van der Waals surface area (Å²) >= 11 is 0. The third-order valence-corrected chi connectivity index (χ3v) is 2.13. The lowest BCUT2D eigenvalue weighted by atomic mass is 10.1. The monoisotopic (exact) mass is 192 g/mol. The van der Waals surface area contributed by atoms with Crippen molar-refractivity contribution in [2.75, 3.05) is 5.73 Å². The van der Waals surface area contributed by atoms with E-state index in [0.717, 1.165) is 0 Å². The van der Waals surface area contributed by atoms with Crippen molar-refractivity contribution in [1.29, 1.82) is 0 Å². The van der Waals surface area contributed by atoms with E-state index in [9.17, 15) is 4.39 Å². The van der Waals surface area contributed by atoms with Crippen LogP contribution in [0.2, 0.25) is 0 Å². The molecule has 14 heavy (non-hydrogen) atoms. The fourth-order valence-corrected chi connectivity index (χ4v) is 1.36. The minimum atomic E-state index is -0.346. The van der Waals surface area contributed by atoms with Crippen LogP contribution in [0.5, 0.6) is 0 Å². The average molecular weight is 192 g/mol. The number of fused-ring (bicyclic) bond motifs is 1. The maximum atomic E-state index is 12.8. The fraction of sp³-hybridized carbons (Fsp3) is 0.100. The summed E-state index contributed by atoms with van der Waals surface area (Å²) in [5.74, 6) is -0.346. The van der Waals surface area contributed by atoms with Crippen molar-refractivity contribution in [2.45, 2.75) is 6.61 Å². The first-order valence-corrected chi connectivity index (χ1v) is 4.16. The Kier molecular flexibility index (Phi) is 2.05. The van der Waals surface area contributed by atoms with Crippen LogP contribution in [0.1, 0.15) is 5.56 Å². The number of nitrogens with zero attached hydrogens (tertiary/aromatic N) is 1. The summed E-state index contributed by atoms with van der Waals surface area (Å²) in [4.78, 5) is 3.99. The average Bonchev–Trinajstić information content (AvgIpc) is 2.18. The number of anilines is 1. The first-order chi connectivity index (χ1) is 6.72. The van der Waals surface area contributed by atoms with E-state index >= 15 is 0 Å². The highest BCUT2D eigenvalue weighted by Crippen LogP contribution is 2.23. The Balaban J connectivity index is 2.77. The fourth-order valence-electron chi connectivity index (χ4n) is 1.36. The Morgan fingerprint density at radius 2 is 2.21 bits per heavy atom. The van der Waals surface area contributed by atoms with Crippen molar-refractivity contribution < 1.29 is 9.50 Å². The molecular weight excluding hydrogens is 183 g/mol. The number of aromatic nitrogens is 1. The summed E-state index contributed by atoms with van der Waals surface area (Å²) in [5.41, 5.74) is 7.27. The number of hydrogen-bond donors (Lipinski definition) is 2. The quantitative estimate of drug-likeness (QED) is 0.718. The molecule has 1 aromatic carbocycles. The topological polar surface area (TPSA) is 59.1 Å². The minimum absolute atomic E-state index is 0.161. The van der Waals surface area contributed by atoms with Crippen molar-refractivity contribution in [1.82, 2.24) is 4.98 Å². The maximum Gasteiger partial charge on any atom is 0.125 e. The number of pyridine rings is 1. The zero-order valence-corrected chi connectivity index (χ0v) is 7.37. The van der Waals surface area contributed by atoms with Crippen LogP contribution in [-0.2, 0) is 6.61 Å². The van der Waals surface area contributed by atoms with Gasteiger partial charge in [-0.15, -0.1) is 0 Å². The number of rotatable bonds is 1. The summed E-state index contributed by atoms with van der Waals surface area (Å²) in [6, 6.07) is 4.19. The molecule has 0 saturated heterocycles. The van der Waals surface area contributed by atoms with Crippen LogP contribution < -0.4 is 5.73 Å². The second kappa shape index (κ2) is 3.23. The number of nitrogen functional groups attached to an aromatic ring is 1. The summed E-state index contributed by atoms with van der Waals surface area (Å²) in [5, 5.41) is 9.60. The molecule has 3 N–H and O–H groups in total. The molecule has 0 amide bonds. The number of nitrogens with two attached hydrogens (primary N) is 1. The van der Waals surface area contributed by atoms with Gasteiger partial charge in [0.15, 0.2) is 0 Å². The second-order valence-corrected chi connectivity index (χ2v) is 3.02. The number of benzene rings is 1. The lowest BCUT2D eigenvalue weighted by Gasteiger charge is -2.05. The molecule has 3 nitrogen and oxygen atoms in total. The van der Waals surface area contributed by atoms with Gasteiger partial charge in [0, 0.05) is 28.9 Å². The SMILES string of the molecule is Nc1c(CO)cnc2cc(F)ccc12. The zero-order chi connectivity index (χ0) is 10.1. The van der Waals surface area contributed by atoms with Crippen LogP contribution in [0.4, 0.5) is 10.1 Å². The van der Waals surface area contributed by atoms with Gasteiger partial charge in [-0.05, 0) is 12.1 Å². The van der Waals surface area contributed by atoms with E-state index in [-0.39, 0.29) is 12.4 Å². The zero-order valence-electron chi connectivity index (χ0n) is 7.37. The molecule has 0 aliphatic heterocycles. The Morgan fingerprint density at radius 1 is 1.43 bits per heavy atom. The summed E-state index contributed by atoms with van der Waals surface area (Å²) < 4.78 is 12.8. The van der Waals surface area contributed by atoms with Gasteiger partial charge in [-0.1, -0.05) is 0 Å². The molecule has 0 radical (unpaired) electrons. The van der Waals surface area contributed by atoms with E-state index in [0.29, 0.717) is 22.2 Å². The van der Waals surface area contributed by atoms with Gasteiger partial charge in [-0.25, -0.2) is 4.39 Å². The smallest absolute Gasteiger partial charge is 0.125 e. The lowest BCUT2D eigenvalue weighted by Crippen LogP contribution is -1.97. The largest absolute Gasteiger partial charge is 0.398 e. The van der Waals surface area contributed by atoms with E-state index in [1.165, 1.54) is 18.3 Å². The molecule has 0 spiro atoms. The van der Waals surface area contributed by atoms with Gasteiger partial charge in [-0.3, -0.25) is 4.98 Å². The number of aliphatic hydroxyl groups is 1. The predicted molar refractivity (Wildman–Crippen MR) is 52.0 cm³/mol. The van der Waals surface area contributed by atoms with Gasteiger partial charge in [0.1, 0.15) is 5.82 Å². The third kappa shape index (κ3) is 1.29. The summed E-state index contributed by atoms with van der Waals surface area (Å²) in [7, 11) is 0. The van der Waals surface area contributed by atoms with Crippen molar-refractivity contribution in [3.8, 4) is 0 Å². The molecule has 0 atom stereocenters. The van der Waals surface area contributed by atoms with E-state index in [2.05, 4.69) is 4.98 Å². The van der Waals surface area contributed by atoms with Gasteiger partial charge in [-0.2, -0.15) is 0 Å². The first-order valence-electron chi connectivity index (χ1n) is 4.16. The van der Waals surface area contributed by atoms with Gasteiger partial charge >= 0.3 is 0 Å². The molecule has 72 valence electrons. The molecule has 0 fully saturated rings. The number of hydrogen-bond acceptors (Lipinski definition) is 3. The van der Waals surface area contributed by atoms with Crippen molar-refractivity contribution >= 4 is 16.6 Å². The molecule has 1 aromatic heterocycles. The third-order valence-electron chi connectivity index (χ3n) is 2.13. The Bertz CT molecular complexity index is 485. The summed E-state index contributed by atoms with van der Waals surface area (Å²) in [6.07, 6.45) is 1.46. The Hall–Kier alpha value is -1.68. The molecule has 0 aliphatic rings. The van der Waals surface area contributed by atoms with Crippen molar-refractivity contribution in [3.05, 3.63) is 35.8 Å². The molecular formula is C10H9FN2O. The maximum absolute atomic E-state index is 12.8. The van der Waals surface area contributed by atoms with Crippen LogP contribution in [0.3, 0.4) is 0 Å². The number of aliphatic hydroxyl groups excluding tert-OH is 1. The molecule has 0 saturated carbocycles. The highest BCUT2D eigenvalue weighted by molar-refractivity contribution is 5.91. The predicted octanol–water partition coefficient (Wildman–Crippen LogP) is 1.45. The van der Waals surface area contributed by atoms with E-state index in [4.69, 9.17) is 10.8 Å². The lowest BCUT2D eigenvalue weighted by molar-refractivity contribution is 0.282. The van der Waals surface area contributed by atoms with E-state index in [1.807, 2.05) is 0 Å². The molecule has 2 aromatic rings. The van der Waals surface area contributed by atoms with Gasteiger partial charge in [0.05, 0.1) is 12.1 Å². The van der Waals surface area contributed by atoms with Crippen LogP contribution in [0.15, 0.2) is 24.4 Å². The highest BCUT2D eigenvalue weighted by Gasteiger charge is 2.05. The summed E-state index contributed by atoms with van der Waals surface area (Å²) in [6.45, 7) is -0.161. The normalized spacial score (nSPS) is 10.7. The van der Waals surface area contributed by atoms with Crippen molar-refractivity contribution in [3.63, 3.8) is 0 Å². The molecule has 4 heteroatoms. The highest BCUT2D eigenvalue weighted by atomic mass is 19.1. The van der Waals surface area contributed by atoms with Crippen LogP contribution in [-0.4, -0.2) is 10.1 Å². The standard InChI is InChI=1S/C10H9FN2O/c11-7-1-2-8-9(3-7)13-4-6(5-14)10(8)12/h1-4,14H,5H2,(H2,12,13). The molecule has 2 rings (SSSR count). The minimum Gasteiger partial charge on any atom is -0.398 e. The van der Waals surface area contributed by atoms with Gasteiger partial charge < -0.3 is 10.8 Å². The molecule has 0 aliphatic carbocycles. The van der Waals surface area contributed by atoms with E-state index in [1.54, 1.807) is 6.07 Å². The Labute approximate surface area is 80.0 Å². The van der Waals surface area contributed by atoms with Crippen molar-refractivity contribution in [2.24, 2.45) is 0 Å². The van der Waals surface area contributed by atoms with Crippen LogP contribution in [0.25, 0.3) is 10.9 Å². The Morgan fingerprint density at radius 3 is 2.93 bits per heavy atom. The molecule has 0 unspecified atom stereocenters. The van der Waals surface area contributed by atoms with Crippen LogP contribution >= 0.6 is 0 Å². The van der Waals surface area contributed by atoms with Gasteiger partial charge in [0.25, 0.3) is 0 Å². The second-order valence-electron chi connectivity index (χ2n) is 3.02.